The molecule has 5 nitrogen and oxygen atoms in total. The highest BCUT2D eigenvalue weighted by atomic mass is 16.5. The van der Waals surface area contributed by atoms with Crippen LogP contribution in [-0.4, -0.2) is 29.8 Å². The van der Waals surface area contributed by atoms with Crippen LogP contribution < -0.4 is 5.32 Å². The second kappa shape index (κ2) is 7.40. The number of aromatic nitrogens is 2. The topological polar surface area (TPSA) is 60.2 Å². The average molecular weight is 241 g/mol. The molecule has 0 saturated carbocycles. The van der Waals surface area contributed by atoms with E-state index in [1.807, 2.05) is 6.92 Å². The lowest BCUT2D eigenvalue weighted by Gasteiger charge is -2.09. The van der Waals surface area contributed by atoms with Crippen LogP contribution in [0, 0.1) is 0 Å². The Labute approximate surface area is 103 Å². The Balaban J connectivity index is 2.62. The fourth-order valence-corrected chi connectivity index (χ4v) is 1.60. The normalized spacial score (nSPS) is 14.8. The summed E-state index contributed by atoms with van der Waals surface area (Å²) in [5, 5.41) is 7.26. The first kappa shape index (κ1) is 14.1. The van der Waals surface area contributed by atoms with Gasteiger partial charge in [-0.15, -0.1) is 0 Å². The highest BCUT2D eigenvalue weighted by molar-refractivity contribution is 4.96. The summed E-state index contributed by atoms with van der Waals surface area (Å²) in [6.07, 6.45) is 0.804. The van der Waals surface area contributed by atoms with Crippen LogP contribution in [0.4, 0.5) is 0 Å². The van der Waals surface area contributed by atoms with Gasteiger partial charge >= 0.3 is 0 Å². The molecular weight excluding hydrogens is 218 g/mol. The zero-order chi connectivity index (χ0) is 12.7. The fourth-order valence-electron chi connectivity index (χ4n) is 1.60. The highest BCUT2D eigenvalue weighted by Crippen LogP contribution is 2.20. The van der Waals surface area contributed by atoms with Gasteiger partial charge in [0.1, 0.15) is 6.10 Å². The summed E-state index contributed by atoms with van der Waals surface area (Å²) in [6.45, 7) is 10.6. The van der Waals surface area contributed by atoms with Crippen LogP contribution in [0.3, 0.4) is 0 Å². The molecule has 98 valence electrons. The molecule has 0 fully saturated rings. The van der Waals surface area contributed by atoms with Crippen molar-refractivity contribution in [1.29, 1.82) is 0 Å². The molecule has 0 aromatic carbocycles. The molecule has 1 rings (SSSR count). The van der Waals surface area contributed by atoms with E-state index in [1.165, 1.54) is 0 Å². The first-order valence-corrected chi connectivity index (χ1v) is 6.38. The number of ether oxygens (including phenoxy) is 1. The van der Waals surface area contributed by atoms with E-state index in [-0.39, 0.29) is 12.0 Å². The average Bonchev–Trinajstić information content (AvgIpc) is 2.82. The summed E-state index contributed by atoms with van der Waals surface area (Å²) >= 11 is 0. The van der Waals surface area contributed by atoms with Crippen molar-refractivity contribution in [1.82, 2.24) is 15.5 Å². The molecule has 17 heavy (non-hydrogen) atoms. The fraction of sp³-hybridized carbons (Fsp3) is 0.833. The lowest BCUT2D eigenvalue weighted by Crippen LogP contribution is -2.19. The zero-order valence-corrected chi connectivity index (χ0v) is 11.2. The summed E-state index contributed by atoms with van der Waals surface area (Å²) in [6, 6.07) is 0. The number of hydrogen-bond acceptors (Lipinski definition) is 5. The molecule has 0 aliphatic carbocycles. The minimum absolute atomic E-state index is 0.0520. The second-order valence-corrected chi connectivity index (χ2v) is 4.05. The van der Waals surface area contributed by atoms with Gasteiger partial charge in [-0.2, -0.15) is 4.98 Å². The Morgan fingerprint density at radius 3 is 2.71 bits per heavy atom. The number of nitrogens with zero attached hydrogens (tertiary/aromatic N) is 2. The number of likely N-dealkylation sites (N-methyl/N-ethyl adjacent to an activating group) is 1. The molecule has 0 radical (unpaired) electrons. The summed E-state index contributed by atoms with van der Waals surface area (Å²) in [7, 11) is 0. The van der Waals surface area contributed by atoms with Gasteiger partial charge in [-0.3, -0.25) is 0 Å². The van der Waals surface area contributed by atoms with Crippen LogP contribution in [0.2, 0.25) is 0 Å². The third-order valence-corrected chi connectivity index (χ3v) is 2.61. The van der Waals surface area contributed by atoms with E-state index in [1.54, 1.807) is 0 Å². The van der Waals surface area contributed by atoms with Crippen molar-refractivity contribution in [2.24, 2.45) is 0 Å². The lowest BCUT2D eigenvalue weighted by molar-refractivity contribution is 0.0518. The molecule has 0 amide bonds. The van der Waals surface area contributed by atoms with Crippen molar-refractivity contribution in [2.75, 3.05) is 19.7 Å². The molecule has 0 saturated heterocycles. The molecule has 0 spiro atoms. The van der Waals surface area contributed by atoms with Crippen LogP contribution in [0.25, 0.3) is 0 Å². The van der Waals surface area contributed by atoms with Crippen LogP contribution in [-0.2, 0) is 4.74 Å². The van der Waals surface area contributed by atoms with Crippen LogP contribution >= 0.6 is 0 Å². The Kier molecular flexibility index (Phi) is 6.15. The van der Waals surface area contributed by atoms with E-state index in [0.29, 0.717) is 18.3 Å². The van der Waals surface area contributed by atoms with Crippen molar-refractivity contribution in [3.05, 3.63) is 11.7 Å². The van der Waals surface area contributed by atoms with Crippen molar-refractivity contribution >= 4 is 0 Å². The van der Waals surface area contributed by atoms with Crippen molar-refractivity contribution in [3.63, 3.8) is 0 Å². The monoisotopic (exact) mass is 241 g/mol. The Hall–Kier alpha value is -0.940. The Bertz CT molecular complexity index is 314. The predicted octanol–water partition coefficient (Wildman–Crippen LogP) is 2.27. The van der Waals surface area contributed by atoms with E-state index in [9.17, 15) is 0 Å². The maximum absolute atomic E-state index is 5.55. The van der Waals surface area contributed by atoms with Crippen LogP contribution in [0.1, 0.15) is 57.9 Å². The third kappa shape index (κ3) is 4.09. The van der Waals surface area contributed by atoms with Gasteiger partial charge in [-0.1, -0.05) is 25.9 Å². The van der Waals surface area contributed by atoms with Gasteiger partial charge in [0, 0.05) is 19.1 Å². The molecule has 1 aromatic heterocycles. The maximum atomic E-state index is 5.55. The van der Waals surface area contributed by atoms with Crippen molar-refractivity contribution in [2.45, 2.75) is 46.1 Å². The number of rotatable bonds is 8. The van der Waals surface area contributed by atoms with E-state index in [4.69, 9.17) is 9.26 Å². The molecule has 1 aromatic rings. The molecule has 1 N–H and O–H groups in total. The number of nitrogens with one attached hydrogen (secondary N) is 1. The highest BCUT2D eigenvalue weighted by Gasteiger charge is 2.19. The summed E-state index contributed by atoms with van der Waals surface area (Å²) in [5.74, 6) is 1.57. The zero-order valence-electron chi connectivity index (χ0n) is 11.2. The smallest absolute Gasteiger partial charge is 0.230 e. The quantitative estimate of drug-likeness (QED) is 0.756. The largest absolute Gasteiger partial charge is 0.370 e. The van der Waals surface area contributed by atoms with Gasteiger partial charge in [0.05, 0.1) is 0 Å². The minimum atomic E-state index is -0.0520. The first-order valence-electron chi connectivity index (χ1n) is 6.38. The number of hydrogen-bond donors (Lipinski definition) is 1. The summed E-state index contributed by atoms with van der Waals surface area (Å²) < 4.78 is 10.8. The van der Waals surface area contributed by atoms with Crippen molar-refractivity contribution < 1.29 is 9.26 Å². The molecule has 5 heteroatoms. The molecule has 2 atom stereocenters. The standard InChI is InChI=1S/C12H23N3O2/c1-5-10(16-7-3)11-14-12(17-15-11)9(4)8-13-6-2/h9-10,13H,5-8H2,1-4H3. The second-order valence-electron chi connectivity index (χ2n) is 4.05. The Morgan fingerprint density at radius 2 is 2.12 bits per heavy atom. The predicted molar refractivity (Wildman–Crippen MR) is 65.9 cm³/mol. The van der Waals surface area contributed by atoms with Crippen molar-refractivity contribution in [3.8, 4) is 0 Å². The molecule has 2 unspecified atom stereocenters. The minimum Gasteiger partial charge on any atom is -0.370 e. The van der Waals surface area contributed by atoms with E-state index in [0.717, 1.165) is 19.5 Å². The lowest BCUT2D eigenvalue weighted by atomic mass is 10.2. The van der Waals surface area contributed by atoms with Crippen LogP contribution in [0.15, 0.2) is 4.52 Å². The van der Waals surface area contributed by atoms with Gasteiger partial charge in [0.25, 0.3) is 0 Å². The van der Waals surface area contributed by atoms with E-state index >= 15 is 0 Å². The van der Waals surface area contributed by atoms with E-state index < -0.39 is 0 Å². The van der Waals surface area contributed by atoms with Gasteiger partial charge in [0.15, 0.2) is 0 Å². The SMILES string of the molecule is CCNCC(C)c1nc(C(CC)OCC)no1. The third-order valence-electron chi connectivity index (χ3n) is 2.61. The maximum Gasteiger partial charge on any atom is 0.230 e. The molecule has 0 bridgehead atoms. The van der Waals surface area contributed by atoms with Gasteiger partial charge in [-0.05, 0) is 19.9 Å². The molecular formula is C12H23N3O2. The summed E-state index contributed by atoms with van der Waals surface area (Å²) in [5.41, 5.74) is 0. The first-order chi connectivity index (χ1) is 8.22. The van der Waals surface area contributed by atoms with Gasteiger partial charge in [0.2, 0.25) is 11.7 Å². The molecule has 0 aliphatic rings. The van der Waals surface area contributed by atoms with E-state index in [2.05, 4.69) is 36.2 Å². The summed E-state index contributed by atoms with van der Waals surface area (Å²) in [4.78, 5) is 4.41. The molecule has 1 heterocycles. The van der Waals surface area contributed by atoms with Gasteiger partial charge < -0.3 is 14.6 Å². The van der Waals surface area contributed by atoms with Crippen LogP contribution in [0.5, 0.6) is 0 Å². The van der Waals surface area contributed by atoms with Gasteiger partial charge in [-0.25, -0.2) is 0 Å². The Morgan fingerprint density at radius 1 is 1.35 bits per heavy atom. The molecule has 0 aliphatic heterocycles.